The number of rotatable bonds is 12. The third-order valence-corrected chi connectivity index (χ3v) is 12.6. The molecule has 0 fully saturated rings. The Morgan fingerprint density at radius 3 is 2.38 bits per heavy atom. The van der Waals surface area contributed by atoms with Crippen LogP contribution in [0.15, 0.2) is 43.0 Å². The number of benzene rings is 1. The molecular weight excluding hydrogens is 447 g/mol. The summed E-state index contributed by atoms with van der Waals surface area (Å²) < 4.78 is 12.7. The Labute approximate surface area is 184 Å². The van der Waals surface area contributed by atoms with Crippen LogP contribution < -0.4 is 4.46 Å². The van der Waals surface area contributed by atoms with Gasteiger partial charge in [-0.15, -0.1) is 0 Å². The van der Waals surface area contributed by atoms with Crippen LogP contribution in [0.1, 0.15) is 46.5 Å². The summed E-state index contributed by atoms with van der Waals surface area (Å²) in [6.07, 6.45) is 3.94. The maximum atomic E-state index is 12.2. The Hall–Kier alpha value is -0.914. The molecule has 0 saturated carbocycles. The van der Waals surface area contributed by atoms with Crippen LogP contribution in [0.25, 0.3) is 0 Å². The van der Waals surface area contributed by atoms with Crippen molar-refractivity contribution < 1.29 is 19.1 Å². The fourth-order valence-electron chi connectivity index (χ4n) is 2.73. The molecule has 29 heavy (non-hydrogen) atoms. The Bertz CT molecular complexity index is 628. The van der Waals surface area contributed by atoms with Gasteiger partial charge in [-0.3, -0.25) is 0 Å². The molecule has 0 aliphatic carbocycles. The molecule has 0 aliphatic rings. The molecule has 0 aliphatic heterocycles. The number of carbonyl (C=O) groups is 1. The topological polar surface area (TPSA) is 55.8 Å². The van der Waals surface area contributed by atoms with Crippen molar-refractivity contribution in [3.05, 3.63) is 43.0 Å². The Balaban J connectivity index is 2.69. The summed E-state index contributed by atoms with van der Waals surface area (Å²) in [5.41, 5.74) is 0. The summed E-state index contributed by atoms with van der Waals surface area (Å²) in [7, 11) is -0.472. The average molecular weight is 486 g/mol. The van der Waals surface area contributed by atoms with Gasteiger partial charge >= 0.3 is 184 Å². The molecule has 1 unspecified atom stereocenters. The maximum absolute atomic E-state index is 12.2. The quantitative estimate of drug-likeness (QED) is 0.270. The van der Waals surface area contributed by atoms with Crippen LogP contribution in [0.2, 0.25) is 22.9 Å². The van der Waals surface area contributed by atoms with Crippen molar-refractivity contribution in [3.8, 4) is 0 Å². The average Bonchev–Trinajstić information content (AvgIpc) is 2.65. The number of aliphatic hydroxyl groups excluding tert-OH is 1. The molecule has 1 rings (SSSR count). The third kappa shape index (κ3) is 9.18. The van der Waals surface area contributed by atoms with Crippen molar-refractivity contribution in [1.82, 2.24) is 0 Å². The van der Waals surface area contributed by atoms with E-state index in [-0.39, 0.29) is 36.9 Å². The van der Waals surface area contributed by atoms with E-state index in [4.69, 9.17) is 9.16 Å². The molecule has 1 N–H and O–H groups in total. The molecular formula is C23H38O4SeSi. The van der Waals surface area contributed by atoms with E-state index in [1.54, 1.807) is 0 Å². The fourth-order valence-corrected chi connectivity index (χ4v) is 6.56. The number of ether oxygens (including phenoxy) is 1. The molecule has 0 saturated heterocycles. The van der Waals surface area contributed by atoms with Crippen LogP contribution >= 0.6 is 0 Å². The van der Waals surface area contributed by atoms with Gasteiger partial charge in [0.15, 0.2) is 0 Å². The zero-order valence-electron chi connectivity index (χ0n) is 18.8. The number of hydrogen-bond donors (Lipinski definition) is 1. The van der Waals surface area contributed by atoms with Crippen LogP contribution in [-0.4, -0.2) is 53.7 Å². The fraction of sp³-hybridized carbons (Fsp3) is 0.609. The summed E-state index contributed by atoms with van der Waals surface area (Å²) in [6, 6.07) is 9.95. The van der Waals surface area contributed by atoms with Gasteiger partial charge in [0, 0.05) is 0 Å². The first-order valence-electron chi connectivity index (χ1n) is 10.3. The first-order chi connectivity index (χ1) is 13.5. The predicted octanol–water partition coefficient (Wildman–Crippen LogP) is 4.48. The van der Waals surface area contributed by atoms with Crippen molar-refractivity contribution in [3.63, 3.8) is 0 Å². The Morgan fingerprint density at radius 1 is 1.24 bits per heavy atom. The van der Waals surface area contributed by atoms with Gasteiger partial charge in [0.05, 0.1) is 0 Å². The molecule has 0 radical (unpaired) electrons. The summed E-state index contributed by atoms with van der Waals surface area (Å²) >= 11 is -0.0759. The molecule has 1 aromatic rings. The van der Waals surface area contributed by atoms with Crippen LogP contribution in [0.3, 0.4) is 0 Å². The van der Waals surface area contributed by atoms with E-state index in [1.807, 2.05) is 36.4 Å². The number of hydrogen-bond acceptors (Lipinski definition) is 4. The summed E-state index contributed by atoms with van der Waals surface area (Å²) in [6.45, 7) is 15.0. The summed E-state index contributed by atoms with van der Waals surface area (Å²) in [5, 5.41) is 10.8. The molecule has 0 bridgehead atoms. The standard InChI is InChI=1S/C23H38O4SeSi/c1-8-12-19(27-29(6,7)23(2,3)4)16-15-18(24)17-21(22(25)26-5)28-20-13-10-9-11-14-20/h8-11,13-14,18-19,21,24H,1,12,15-17H2,2-7H3/t18-,19+,21?/m1/s1. The number of esters is 1. The van der Waals surface area contributed by atoms with Gasteiger partial charge in [0.1, 0.15) is 0 Å². The SMILES string of the molecule is C=CC[C@@H](CC[C@@H](O)CC([Se]c1ccccc1)C(=O)OC)O[Si](C)(C)C(C)(C)C. The van der Waals surface area contributed by atoms with E-state index in [1.165, 1.54) is 7.11 Å². The van der Waals surface area contributed by atoms with Gasteiger partial charge < -0.3 is 0 Å². The van der Waals surface area contributed by atoms with Gasteiger partial charge in [-0.25, -0.2) is 0 Å². The summed E-state index contributed by atoms with van der Waals surface area (Å²) in [4.78, 5) is 12.0. The zero-order valence-corrected chi connectivity index (χ0v) is 21.5. The number of aliphatic hydroxyl groups is 1. The minimum absolute atomic E-state index is 0.0549. The molecule has 1 aromatic carbocycles. The first kappa shape index (κ1) is 26.1. The van der Waals surface area contributed by atoms with Crippen molar-refractivity contribution >= 4 is 33.7 Å². The van der Waals surface area contributed by atoms with Crippen LogP contribution in [0.4, 0.5) is 0 Å². The predicted molar refractivity (Wildman–Crippen MR) is 124 cm³/mol. The molecule has 0 aromatic heterocycles. The van der Waals surface area contributed by atoms with Crippen molar-refractivity contribution in [2.24, 2.45) is 0 Å². The van der Waals surface area contributed by atoms with Crippen LogP contribution in [0.5, 0.6) is 0 Å². The molecule has 0 spiro atoms. The van der Waals surface area contributed by atoms with E-state index >= 15 is 0 Å². The molecule has 164 valence electrons. The van der Waals surface area contributed by atoms with Crippen molar-refractivity contribution in [2.75, 3.05) is 7.11 Å². The van der Waals surface area contributed by atoms with Crippen LogP contribution in [-0.2, 0) is 14.0 Å². The second kappa shape index (κ2) is 12.1. The van der Waals surface area contributed by atoms with E-state index in [9.17, 15) is 9.90 Å². The van der Waals surface area contributed by atoms with E-state index in [0.29, 0.717) is 12.8 Å². The molecule has 0 amide bonds. The normalized spacial score (nSPS) is 15.4. The summed E-state index contributed by atoms with van der Waals surface area (Å²) in [5.74, 6) is -0.243. The Kier molecular flexibility index (Phi) is 10.9. The van der Waals surface area contributed by atoms with Crippen LogP contribution in [0, 0.1) is 0 Å². The Morgan fingerprint density at radius 2 is 1.86 bits per heavy atom. The monoisotopic (exact) mass is 486 g/mol. The molecule has 6 heteroatoms. The van der Waals surface area contributed by atoms with Gasteiger partial charge in [-0.2, -0.15) is 0 Å². The molecule has 3 atom stereocenters. The first-order valence-corrected chi connectivity index (χ1v) is 15.0. The zero-order chi connectivity index (χ0) is 22.1. The molecule has 0 heterocycles. The minimum atomic E-state index is -1.88. The third-order valence-electron chi connectivity index (χ3n) is 5.49. The van der Waals surface area contributed by atoms with E-state index in [2.05, 4.69) is 40.4 Å². The van der Waals surface area contributed by atoms with Gasteiger partial charge in [-0.1, -0.05) is 0 Å². The van der Waals surface area contributed by atoms with Gasteiger partial charge in [-0.05, 0) is 0 Å². The second-order valence-electron chi connectivity index (χ2n) is 8.93. The van der Waals surface area contributed by atoms with Gasteiger partial charge in [0.25, 0.3) is 0 Å². The second-order valence-corrected chi connectivity index (χ2v) is 16.4. The van der Waals surface area contributed by atoms with E-state index < -0.39 is 14.4 Å². The number of carbonyl (C=O) groups excluding carboxylic acids is 1. The molecule has 4 nitrogen and oxygen atoms in total. The van der Waals surface area contributed by atoms with E-state index in [0.717, 1.165) is 17.3 Å². The van der Waals surface area contributed by atoms with Crippen molar-refractivity contribution in [2.45, 2.75) is 81.6 Å². The number of methoxy groups -OCH3 is 1. The van der Waals surface area contributed by atoms with Gasteiger partial charge in [0.2, 0.25) is 0 Å². The van der Waals surface area contributed by atoms with Crippen molar-refractivity contribution in [1.29, 1.82) is 0 Å².